The zero-order chi connectivity index (χ0) is 18.4. The first-order chi connectivity index (χ1) is 13.2. The molecule has 28 heavy (non-hydrogen) atoms. The van der Waals surface area contributed by atoms with Gasteiger partial charge in [0, 0.05) is 84.7 Å². The van der Waals surface area contributed by atoms with Crippen molar-refractivity contribution >= 4 is 27.7 Å². The second kappa shape index (κ2) is 8.00. The van der Waals surface area contributed by atoms with Crippen LogP contribution in [0.5, 0.6) is 0 Å². The molecule has 3 heterocycles. The summed E-state index contributed by atoms with van der Waals surface area (Å²) in [5, 5.41) is 16.7. The number of rotatable bonds is 4. The fraction of sp³-hybridized carbons (Fsp3) is 0.190. The molecule has 6 nitrogen and oxygen atoms in total. The first-order valence-electron chi connectivity index (χ1n) is 9.08. The zero-order valence-electron chi connectivity index (χ0n) is 15.2. The van der Waals surface area contributed by atoms with Gasteiger partial charge >= 0.3 is 0 Å². The Morgan fingerprint density at radius 2 is 1.39 bits per heavy atom. The van der Waals surface area contributed by atoms with E-state index in [0.717, 1.165) is 38.0 Å². The number of hydrogen-bond donors (Lipinski definition) is 4. The third-order valence-corrected chi connectivity index (χ3v) is 5.40. The summed E-state index contributed by atoms with van der Waals surface area (Å²) in [6.07, 6.45) is 4.51. The number of hydrogen-bond acceptors (Lipinski definition) is 3. The number of nitrogens with zero attached hydrogens (tertiary/aromatic N) is 1. The van der Waals surface area contributed by atoms with Crippen LogP contribution in [0, 0.1) is 44.1 Å². The summed E-state index contributed by atoms with van der Waals surface area (Å²) in [5.74, 6) is -0.287. The fourth-order valence-corrected chi connectivity index (χ4v) is 4.01. The summed E-state index contributed by atoms with van der Waals surface area (Å²) in [4.78, 5) is 19.0. The van der Waals surface area contributed by atoms with E-state index in [2.05, 4.69) is 15.3 Å². The normalized spacial score (nSPS) is 19.5. The maximum absolute atomic E-state index is 12.6. The molecule has 0 saturated carbocycles. The Morgan fingerprint density at radius 1 is 0.857 bits per heavy atom. The summed E-state index contributed by atoms with van der Waals surface area (Å²) >= 11 is 0. The maximum atomic E-state index is 12.6. The Labute approximate surface area is 197 Å². The minimum atomic E-state index is -0.440. The van der Waals surface area contributed by atoms with Gasteiger partial charge in [-0.05, 0) is 29.7 Å². The van der Waals surface area contributed by atoms with Gasteiger partial charge in [-0.25, -0.2) is 5.06 Å². The van der Waals surface area contributed by atoms with Gasteiger partial charge in [0.05, 0.1) is 6.04 Å². The zero-order valence-corrected chi connectivity index (χ0v) is 20.0. The van der Waals surface area contributed by atoms with Crippen LogP contribution in [0.3, 0.4) is 0 Å². The molecule has 1 saturated heterocycles. The van der Waals surface area contributed by atoms with Crippen molar-refractivity contribution in [2.75, 3.05) is 0 Å². The summed E-state index contributed by atoms with van der Waals surface area (Å²) in [5.41, 5.74) is 4.24. The summed E-state index contributed by atoms with van der Waals surface area (Å²) < 4.78 is 0. The molecular formula is C21H20AcN4O2. The van der Waals surface area contributed by atoms with Gasteiger partial charge in [0.2, 0.25) is 0 Å². The fourth-order valence-electron chi connectivity index (χ4n) is 4.01. The van der Waals surface area contributed by atoms with Crippen LogP contribution in [-0.4, -0.2) is 38.4 Å². The second-order valence-electron chi connectivity index (χ2n) is 7.05. The Hall–Kier alpha value is -1.65. The molecule has 2 aromatic carbocycles. The van der Waals surface area contributed by atoms with E-state index in [1.54, 1.807) is 0 Å². The Balaban J connectivity index is 0.00000192. The van der Waals surface area contributed by atoms with Crippen molar-refractivity contribution in [3.05, 3.63) is 72.1 Å². The molecular weight excluding hydrogens is 567 g/mol. The van der Waals surface area contributed by atoms with Gasteiger partial charge in [0.1, 0.15) is 6.17 Å². The first-order valence-corrected chi connectivity index (χ1v) is 9.08. The molecule has 1 aliphatic heterocycles. The number of amides is 1. The van der Waals surface area contributed by atoms with Gasteiger partial charge in [0.25, 0.3) is 5.91 Å². The van der Waals surface area contributed by atoms with E-state index in [4.69, 9.17) is 0 Å². The molecule has 2 atom stereocenters. The van der Waals surface area contributed by atoms with Crippen LogP contribution in [0.1, 0.15) is 11.1 Å². The third kappa shape index (κ3) is 3.42. The Kier molecular flexibility index (Phi) is 5.62. The van der Waals surface area contributed by atoms with Crippen molar-refractivity contribution in [1.82, 2.24) is 20.3 Å². The van der Waals surface area contributed by atoms with Gasteiger partial charge < -0.3 is 9.97 Å². The molecule has 0 aliphatic carbocycles. The largest absolute Gasteiger partial charge is 0.361 e. The number of H-pyrrole nitrogens is 2. The van der Waals surface area contributed by atoms with Crippen LogP contribution in [0.2, 0.25) is 0 Å². The standard InChI is InChI=1S/C21H20N4O2.Ac/c26-21-19(9-13-11-22-17-7-3-1-5-15(13)17)24-20(25(21)27)10-14-12-23-18-8-4-2-6-16(14)18;/h1-8,11-12,19-20,22-24,27H,9-10H2;. The van der Waals surface area contributed by atoms with Crippen LogP contribution in [0.15, 0.2) is 60.9 Å². The summed E-state index contributed by atoms with van der Waals surface area (Å²) in [6, 6.07) is 15.6. The predicted octanol–water partition coefficient (Wildman–Crippen LogP) is 2.95. The number of aromatic amines is 2. The number of hydroxylamine groups is 2. The van der Waals surface area contributed by atoms with Crippen LogP contribution in [-0.2, 0) is 17.6 Å². The molecule has 1 fully saturated rings. The number of carbonyl (C=O) groups excluding carboxylic acids is 1. The molecule has 0 bridgehead atoms. The number of carbonyl (C=O) groups is 1. The van der Waals surface area contributed by atoms with Crippen LogP contribution < -0.4 is 5.32 Å². The minimum Gasteiger partial charge on any atom is -0.361 e. The first kappa shape index (κ1) is 19.7. The quantitative estimate of drug-likeness (QED) is 0.277. The number of fused-ring (bicyclic) bond motifs is 2. The minimum absolute atomic E-state index is 0. The van der Waals surface area contributed by atoms with E-state index in [0.29, 0.717) is 12.8 Å². The van der Waals surface area contributed by atoms with Gasteiger partial charge in [-0.2, -0.15) is 0 Å². The predicted molar refractivity (Wildman–Crippen MR) is 103 cm³/mol. The number of benzene rings is 2. The molecule has 4 N–H and O–H groups in total. The number of para-hydroxylation sites is 2. The molecule has 2 aromatic heterocycles. The molecule has 2 unspecified atom stereocenters. The van der Waals surface area contributed by atoms with Crippen molar-refractivity contribution in [3.8, 4) is 0 Å². The van der Waals surface area contributed by atoms with Gasteiger partial charge in [-0.15, -0.1) is 0 Å². The van der Waals surface area contributed by atoms with Crippen molar-refractivity contribution in [2.24, 2.45) is 0 Å². The van der Waals surface area contributed by atoms with Crippen LogP contribution in [0.25, 0.3) is 21.8 Å². The second-order valence-corrected chi connectivity index (χ2v) is 7.05. The average Bonchev–Trinajstić information content (AvgIpc) is 3.36. The molecule has 1 aliphatic rings. The van der Waals surface area contributed by atoms with E-state index in [9.17, 15) is 10.0 Å². The maximum Gasteiger partial charge on any atom is 0.264 e. The van der Waals surface area contributed by atoms with E-state index in [-0.39, 0.29) is 50.0 Å². The molecule has 0 spiro atoms. The van der Waals surface area contributed by atoms with E-state index in [1.807, 2.05) is 60.9 Å². The Bertz CT molecular complexity index is 1140. The molecule has 1 amide bonds. The number of aromatic nitrogens is 2. The molecule has 139 valence electrons. The van der Waals surface area contributed by atoms with Crippen molar-refractivity contribution in [3.63, 3.8) is 0 Å². The van der Waals surface area contributed by atoms with E-state index in [1.165, 1.54) is 0 Å². The molecule has 7 heteroatoms. The van der Waals surface area contributed by atoms with Gasteiger partial charge in [0.15, 0.2) is 0 Å². The average molecular weight is 587 g/mol. The monoisotopic (exact) mass is 587 g/mol. The van der Waals surface area contributed by atoms with Crippen LogP contribution >= 0.6 is 0 Å². The number of nitrogens with one attached hydrogen (secondary N) is 3. The van der Waals surface area contributed by atoms with Gasteiger partial charge in [-0.3, -0.25) is 15.3 Å². The van der Waals surface area contributed by atoms with E-state index >= 15 is 0 Å². The van der Waals surface area contributed by atoms with Crippen LogP contribution in [0.4, 0.5) is 0 Å². The van der Waals surface area contributed by atoms with Gasteiger partial charge in [-0.1, -0.05) is 36.4 Å². The Morgan fingerprint density at radius 3 is 2.00 bits per heavy atom. The molecule has 5 rings (SSSR count). The third-order valence-electron chi connectivity index (χ3n) is 5.40. The molecule has 1 radical (unpaired) electrons. The smallest absolute Gasteiger partial charge is 0.264 e. The molecule has 4 aromatic rings. The van der Waals surface area contributed by atoms with Crippen molar-refractivity contribution in [1.29, 1.82) is 0 Å². The van der Waals surface area contributed by atoms with Crippen molar-refractivity contribution in [2.45, 2.75) is 25.0 Å². The SMILES string of the molecule is O=C1C(Cc2c[nH]c3ccccc23)NC(Cc2c[nH]c3ccccc23)N1O.[Ac]. The summed E-state index contributed by atoms with van der Waals surface area (Å²) in [7, 11) is 0. The van der Waals surface area contributed by atoms with E-state index < -0.39 is 12.2 Å². The van der Waals surface area contributed by atoms with Crippen molar-refractivity contribution < 1.29 is 54.1 Å². The topological polar surface area (TPSA) is 84.2 Å². The summed E-state index contributed by atoms with van der Waals surface area (Å²) in [6.45, 7) is 0.